The molecule has 0 radical (unpaired) electrons. The van der Waals surface area contributed by atoms with Crippen molar-refractivity contribution in [3.05, 3.63) is 96.5 Å². The van der Waals surface area contributed by atoms with Crippen molar-refractivity contribution in [1.82, 2.24) is 10.3 Å². The van der Waals surface area contributed by atoms with Crippen LogP contribution in [0.5, 0.6) is 0 Å². The third-order valence-electron chi connectivity index (χ3n) is 3.99. The minimum Gasteiger partial charge on any atom is -0.387 e. The van der Waals surface area contributed by atoms with E-state index in [-0.39, 0.29) is 0 Å². The first-order chi connectivity index (χ1) is 12.5. The number of allylic oxidation sites excluding steroid dienone is 4. The van der Waals surface area contributed by atoms with Crippen LogP contribution in [-0.4, -0.2) is 16.6 Å². The zero-order chi connectivity index (χ0) is 18.9. The molecule has 0 fully saturated rings. The molecule has 0 aliphatic rings. The molecule has 1 heterocycles. The first kappa shape index (κ1) is 19.6. The van der Waals surface area contributed by atoms with E-state index >= 15 is 0 Å². The third kappa shape index (κ3) is 5.41. The minimum atomic E-state index is -0.608. The number of anilines is 1. The van der Waals surface area contributed by atoms with Crippen molar-refractivity contribution in [1.29, 1.82) is 0 Å². The predicted molar refractivity (Wildman–Crippen MR) is 109 cm³/mol. The molecule has 2 aromatic rings. The van der Waals surface area contributed by atoms with E-state index in [0.717, 1.165) is 29.3 Å². The minimum absolute atomic E-state index is 0.468. The maximum atomic E-state index is 10.4. The highest BCUT2D eigenvalue weighted by Gasteiger charge is 2.13. The summed E-state index contributed by atoms with van der Waals surface area (Å²) in [4.78, 5) is 6.44. The van der Waals surface area contributed by atoms with Gasteiger partial charge >= 0.3 is 0 Å². The Kier molecular flexibility index (Phi) is 7.33. The summed E-state index contributed by atoms with van der Waals surface area (Å²) in [6, 6.07) is 13.9. The molecule has 1 atom stereocenters. The second-order valence-corrected chi connectivity index (χ2v) is 6.20. The third-order valence-corrected chi connectivity index (χ3v) is 3.99. The van der Waals surface area contributed by atoms with Crippen molar-refractivity contribution < 1.29 is 5.11 Å². The van der Waals surface area contributed by atoms with Gasteiger partial charge in [-0.25, -0.2) is 4.98 Å². The number of aliphatic hydroxyl groups excluding tert-OH is 1. The van der Waals surface area contributed by atoms with Crippen LogP contribution in [0.2, 0.25) is 0 Å². The lowest BCUT2D eigenvalue weighted by Gasteiger charge is -2.24. The molecule has 0 amide bonds. The Bertz CT molecular complexity index is 751. The topological polar surface area (TPSA) is 48.4 Å². The van der Waals surface area contributed by atoms with Gasteiger partial charge in [0.25, 0.3) is 0 Å². The molecule has 0 spiro atoms. The van der Waals surface area contributed by atoms with Crippen molar-refractivity contribution >= 4 is 5.82 Å². The molecular weight excluding hydrogens is 322 g/mol. The van der Waals surface area contributed by atoms with E-state index in [4.69, 9.17) is 0 Å². The van der Waals surface area contributed by atoms with E-state index in [1.807, 2.05) is 55.2 Å². The van der Waals surface area contributed by atoms with Gasteiger partial charge in [-0.1, -0.05) is 55.6 Å². The number of aromatic nitrogens is 1. The number of nitrogens with one attached hydrogen (secondary N) is 1. The zero-order valence-electron chi connectivity index (χ0n) is 15.5. The van der Waals surface area contributed by atoms with Crippen molar-refractivity contribution in [2.45, 2.75) is 26.5 Å². The Morgan fingerprint density at radius 2 is 1.96 bits per heavy atom. The van der Waals surface area contributed by atoms with Crippen LogP contribution in [0.3, 0.4) is 0 Å². The lowest BCUT2D eigenvalue weighted by molar-refractivity contribution is 0.174. The van der Waals surface area contributed by atoms with E-state index in [2.05, 4.69) is 35.6 Å². The standard InChI is InChI=1S/C22H27N3O/c1-5-9-18(4)25(17(2)3)22-13-12-20(15-24-22)21(26)16-23-14-19-10-7-6-8-11-19/h5-13,15,21,23,26H,1-2,14,16H2,3-4H3/b18-9-. The molecule has 2 rings (SSSR count). The fraction of sp³-hybridized carbons (Fsp3) is 0.227. The molecule has 26 heavy (non-hydrogen) atoms. The summed E-state index contributed by atoms with van der Waals surface area (Å²) in [6.45, 7) is 12.8. The molecule has 0 bridgehead atoms. The summed E-state index contributed by atoms with van der Waals surface area (Å²) in [5.74, 6) is 0.765. The molecule has 1 aromatic heterocycles. The fourth-order valence-electron chi connectivity index (χ4n) is 2.72. The molecule has 0 saturated carbocycles. The average molecular weight is 349 g/mol. The van der Waals surface area contributed by atoms with Crippen molar-refractivity contribution in [3.8, 4) is 0 Å². The van der Waals surface area contributed by atoms with Crippen molar-refractivity contribution in [2.24, 2.45) is 0 Å². The molecule has 1 unspecified atom stereocenters. The summed E-state index contributed by atoms with van der Waals surface area (Å²) in [6.07, 6.45) is 4.75. The highest BCUT2D eigenvalue weighted by Crippen LogP contribution is 2.22. The van der Waals surface area contributed by atoms with Gasteiger partial charge in [-0.3, -0.25) is 0 Å². The Morgan fingerprint density at radius 3 is 2.54 bits per heavy atom. The number of hydrogen-bond acceptors (Lipinski definition) is 4. The Balaban J connectivity index is 1.99. The molecule has 0 saturated heterocycles. The number of benzene rings is 1. The smallest absolute Gasteiger partial charge is 0.136 e. The lowest BCUT2D eigenvalue weighted by Crippen LogP contribution is -2.22. The highest BCUT2D eigenvalue weighted by atomic mass is 16.3. The normalized spacial score (nSPS) is 12.5. The molecule has 1 aromatic carbocycles. The monoisotopic (exact) mass is 349 g/mol. The van der Waals surface area contributed by atoms with E-state index in [1.165, 1.54) is 5.56 Å². The SMILES string of the molecule is C=C/C=C(/C)N(C(=C)C)c1ccc(C(O)CNCc2ccccc2)cn1. The molecule has 2 N–H and O–H groups in total. The zero-order valence-corrected chi connectivity index (χ0v) is 15.5. The Hall–Kier alpha value is -2.69. The number of aliphatic hydroxyl groups is 1. The number of pyridine rings is 1. The fourth-order valence-corrected chi connectivity index (χ4v) is 2.72. The van der Waals surface area contributed by atoms with E-state index in [0.29, 0.717) is 6.54 Å². The van der Waals surface area contributed by atoms with Gasteiger partial charge in [0.15, 0.2) is 0 Å². The summed E-state index contributed by atoms with van der Waals surface area (Å²) in [5.41, 5.74) is 3.82. The van der Waals surface area contributed by atoms with Gasteiger partial charge in [0.2, 0.25) is 0 Å². The van der Waals surface area contributed by atoms with E-state index in [9.17, 15) is 5.11 Å². The Morgan fingerprint density at radius 1 is 1.23 bits per heavy atom. The van der Waals surface area contributed by atoms with Crippen LogP contribution in [-0.2, 0) is 6.54 Å². The first-order valence-electron chi connectivity index (χ1n) is 8.66. The second kappa shape index (κ2) is 9.70. The van der Waals surface area contributed by atoms with Gasteiger partial charge in [0.1, 0.15) is 5.82 Å². The van der Waals surface area contributed by atoms with E-state index < -0.39 is 6.10 Å². The summed E-state index contributed by atoms with van der Waals surface area (Å²) >= 11 is 0. The predicted octanol–water partition coefficient (Wildman–Crippen LogP) is 4.33. The molecule has 0 aliphatic heterocycles. The van der Waals surface area contributed by atoms with Gasteiger partial charge < -0.3 is 15.3 Å². The maximum absolute atomic E-state index is 10.4. The molecule has 4 nitrogen and oxygen atoms in total. The molecule has 4 heteroatoms. The van der Waals surface area contributed by atoms with Gasteiger partial charge in [0.05, 0.1) is 6.10 Å². The molecular formula is C22H27N3O. The Labute approximate surface area is 156 Å². The van der Waals surface area contributed by atoms with Crippen LogP contribution in [0.25, 0.3) is 0 Å². The number of nitrogens with zero attached hydrogens (tertiary/aromatic N) is 2. The first-order valence-corrected chi connectivity index (χ1v) is 8.66. The van der Waals surface area contributed by atoms with Gasteiger partial charge in [-0.15, -0.1) is 0 Å². The van der Waals surface area contributed by atoms with E-state index in [1.54, 1.807) is 12.3 Å². The summed E-state index contributed by atoms with van der Waals surface area (Å²) in [7, 11) is 0. The van der Waals surface area contributed by atoms with Crippen LogP contribution in [0.15, 0.2) is 85.4 Å². The lowest BCUT2D eigenvalue weighted by atomic mass is 10.1. The summed E-state index contributed by atoms with van der Waals surface area (Å²) in [5, 5.41) is 13.6. The van der Waals surface area contributed by atoms with Gasteiger partial charge in [0, 0.05) is 36.2 Å². The second-order valence-electron chi connectivity index (χ2n) is 6.20. The quantitative estimate of drug-likeness (QED) is 0.661. The van der Waals surface area contributed by atoms with Gasteiger partial charge in [-0.2, -0.15) is 0 Å². The maximum Gasteiger partial charge on any atom is 0.136 e. The van der Waals surface area contributed by atoms with Crippen LogP contribution >= 0.6 is 0 Å². The number of rotatable bonds is 9. The van der Waals surface area contributed by atoms with Crippen molar-refractivity contribution in [2.75, 3.05) is 11.4 Å². The largest absolute Gasteiger partial charge is 0.387 e. The van der Waals surface area contributed by atoms with Crippen LogP contribution in [0, 0.1) is 0 Å². The van der Waals surface area contributed by atoms with Gasteiger partial charge in [-0.05, 0) is 31.6 Å². The van der Waals surface area contributed by atoms with Crippen molar-refractivity contribution in [3.63, 3.8) is 0 Å². The number of hydrogen-bond donors (Lipinski definition) is 2. The van der Waals surface area contributed by atoms with Crippen LogP contribution < -0.4 is 10.2 Å². The average Bonchev–Trinajstić information content (AvgIpc) is 2.63. The van der Waals surface area contributed by atoms with Crippen LogP contribution in [0.4, 0.5) is 5.82 Å². The van der Waals surface area contributed by atoms with Crippen LogP contribution in [0.1, 0.15) is 31.1 Å². The molecule has 0 aliphatic carbocycles. The molecule has 136 valence electrons. The highest BCUT2D eigenvalue weighted by molar-refractivity contribution is 5.52. The summed E-state index contributed by atoms with van der Waals surface area (Å²) < 4.78 is 0.